The maximum absolute atomic E-state index is 12.3. The third-order valence-electron chi connectivity index (χ3n) is 4.22. The summed E-state index contributed by atoms with van der Waals surface area (Å²) in [4.78, 5) is 16.5. The molecule has 2 aromatic rings. The van der Waals surface area contributed by atoms with Crippen molar-refractivity contribution in [1.82, 2.24) is 9.80 Å². The first-order chi connectivity index (χ1) is 10.1. The van der Waals surface area contributed by atoms with E-state index in [-0.39, 0.29) is 5.91 Å². The predicted octanol–water partition coefficient (Wildman–Crippen LogP) is 2.88. The van der Waals surface area contributed by atoms with Crippen LogP contribution in [0.5, 0.6) is 0 Å². The molecule has 0 radical (unpaired) electrons. The van der Waals surface area contributed by atoms with E-state index in [2.05, 4.69) is 36.2 Å². The molecule has 0 spiro atoms. The lowest BCUT2D eigenvalue weighted by Gasteiger charge is -2.36. The van der Waals surface area contributed by atoms with E-state index < -0.39 is 0 Å². The first-order valence-electron chi connectivity index (χ1n) is 7.20. The summed E-state index contributed by atoms with van der Waals surface area (Å²) in [7, 11) is 4.04. The van der Waals surface area contributed by atoms with Crippen LogP contribution >= 0.6 is 11.3 Å². The molecule has 0 unspecified atom stereocenters. The average Bonchev–Trinajstić information content (AvgIpc) is 3.01. The summed E-state index contributed by atoms with van der Waals surface area (Å²) in [6.45, 7) is 1.72. The maximum atomic E-state index is 12.3. The minimum Gasteiger partial charge on any atom is -0.340 e. The largest absolute Gasteiger partial charge is 0.340 e. The second-order valence-corrected chi connectivity index (χ2v) is 6.52. The number of hydrogen-bond acceptors (Lipinski definition) is 3. The van der Waals surface area contributed by atoms with Crippen LogP contribution in [-0.2, 0) is 13.0 Å². The molecule has 1 amide bonds. The van der Waals surface area contributed by atoms with Crippen LogP contribution in [0, 0.1) is 0 Å². The van der Waals surface area contributed by atoms with Crippen LogP contribution in [0.25, 0.3) is 0 Å². The molecule has 1 aromatic carbocycles. The first kappa shape index (κ1) is 14.3. The highest BCUT2D eigenvalue weighted by molar-refractivity contribution is 7.08. The molecule has 0 N–H and O–H groups in total. The molecular weight excluding hydrogens is 280 g/mol. The van der Waals surface area contributed by atoms with Gasteiger partial charge in [0.2, 0.25) is 0 Å². The van der Waals surface area contributed by atoms with Gasteiger partial charge in [0.25, 0.3) is 5.91 Å². The van der Waals surface area contributed by atoms with Gasteiger partial charge >= 0.3 is 0 Å². The Morgan fingerprint density at radius 3 is 2.81 bits per heavy atom. The molecule has 0 fully saturated rings. The molecule has 21 heavy (non-hydrogen) atoms. The van der Waals surface area contributed by atoms with Gasteiger partial charge in [-0.25, -0.2) is 0 Å². The van der Waals surface area contributed by atoms with Crippen molar-refractivity contribution < 1.29 is 4.79 Å². The van der Waals surface area contributed by atoms with Gasteiger partial charge < -0.3 is 4.90 Å². The minimum absolute atomic E-state index is 0.114. The van der Waals surface area contributed by atoms with Crippen molar-refractivity contribution in [2.45, 2.75) is 19.0 Å². The molecule has 0 aliphatic carbocycles. The second-order valence-electron chi connectivity index (χ2n) is 5.74. The van der Waals surface area contributed by atoms with Gasteiger partial charge in [-0.3, -0.25) is 9.69 Å². The summed E-state index contributed by atoms with van der Waals surface area (Å²) in [5, 5.41) is 3.86. The van der Waals surface area contributed by atoms with Crippen molar-refractivity contribution in [3.63, 3.8) is 0 Å². The van der Waals surface area contributed by atoms with Gasteiger partial charge in [-0.2, -0.15) is 11.3 Å². The third kappa shape index (κ3) is 3.01. The zero-order valence-electron chi connectivity index (χ0n) is 12.5. The fourth-order valence-electron chi connectivity index (χ4n) is 2.93. The van der Waals surface area contributed by atoms with E-state index in [0.29, 0.717) is 6.04 Å². The average molecular weight is 300 g/mol. The Kier molecular flexibility index (Phi) is 4.08. The summed E-state index contributed by atoms with van der Waals surface area (Å²) in [5.41, 5.74) is 3.61. The Balaban J connectivity index is 1.69. The molecular formula is C17H20N2OS. The minimum atomic E-state index is 0.114. The van der Waals surface area contributed by atoms with E-state index in [1.54, 1.807) is 11.3 Å². The van der Waals surface area contributed by atoms with Gasteiger partial charge in [0, 0.05) is 31.6 Å². The monoisotopic (exact) mass is 300 g/mol. The predicted molar refractivity (Wildman–Crippen MR) is 86.7 cm³/mol. The number of benzene rings is 1. The van der Waals surface area contributed by atoms with Crippen molar-refractivity contribution in [3.8, 4) is 0 Å². The van der Waals surface area contributed by atoms with Gasteiger partial charge in [-0.15, -0.1) is 0 Å². The molecule has 1 atom stereocenters. The van der Waals surface area contributed by atoms with Gasteiger partial charge in [0.1, 0.15) is 0 Å². The van der Waals surface area contributed by atoms with Crippen LogP contribution in [0.2, 0.25) is 0 Å². The molecule has 4 heteroatoms. The number of rotatable bonds is 3. The SMILES string of the molecule is CN(C[C@@H]1Cc2ccccc2CN1C)C(=O)c1ccsc1. The Morgan fingerprint density at radius 2 is 2.10 bits per heavy atom. The topological polar surface area (TPSA) is 23.6 Å². The first-order valence-corrected chi connectivity index (χ1v) is 8.14. The summed E-state index contributed by atoms with van der Waals surface area (Å²) in [5.74, 6) is 0.114. The lowest BCUT2D eigenvalue weighted by Crippen LogP contribution is -2.46. The number of thiophene rings is 1. The number of carbonyl (C=O) groups is 1. The van der Waals surface area contributed by atoms with E-state index in [1.165, 1.54) is 11.1 Å². The lowest BCUT2D eigenvalue weighted by atomic mass is 9.94. The Morgan fingerprint density at radius 1 is 1.33 bits per heavy atom. The van der Waals surface area contributed by atoms with Crippen molar-refractivity contribution in [2.75, 3.05) is 20.6 Å². The van der Waals surface area contributed by atoms with Crippen molar-refractivity contribution in [2.24, 2.45) is 0 Å². The summed E-state index contributed by atoms with van der Waals surface area (Å²) in [6, 6.07) is 10.9. The van der Waals surface area contributed by atoms with E-state index in [4.69, 9.17) is 0 Å². The van der Waals surface area contributed by atoms with E-state index in [9.17, 15) is 4.79 Å². The van der Waals surface area contributed by atoms with Crippen molar-refractivity contribution in [1.29, 1.82) is 0 Å². The lowest BCUT2D eigenvalue weighted by molar-refractivity contribution is 0.0734. The van der Waals surface area contributed by atoms with Gasteiger partial charge in [0.15, 0.2) is 0 Å². The molecule has 1 aliphatic heterocycles. The Hall–Kier alpha value is -1.65. The quantitative estimate of drug-likeness (QED) is 0.870. The Labute approximate surface area is 129 Å². The highest BCUT2D eigenvalue weighted by atomic mass is 32.1. The molecule has 2 heterocycles. The van der Waals surface area contributed by atoms with Crippen LogP contribution in [0.3, 0.4) is 0 Å². The maximum Gasteiger partial charge on any atom is 0.254 e. The van der Waals surface area contributed by atoms with Crippen LogP contribution < -0.4 is 0 Å². The molecule has 1 aliphatic rings. The summed E-state index contributed by atoms with van der Waals surface area (Å²) >= 11 is 1.56. The summed E-state index contributed by atoms with van der Waals surface area (Å²) < 4.78 is 0. The standard InChI is InChI=1S/C17H20N2OS/c1-18-10-14-6-4-3-5-13(14)9-16(18)11-19(2)17(20)15-7-8-21-12-15/h3-8,12,16H,9-11H2,1-2H3/t16-/m0/s1. The van der Waals surface area contributed by atoms with Gasteiger partial charge in [0.05, 0.1) is 5.56 Å². The smallest absolute Gasteiger partial charge is 0.254 e. The third-order valence-corrected chi connectivity index (χ3v) is 4.90. The van der Waals surface area contributed by atoms with E-state index in [0.717, 1.165) is 25.1 Å². The van der Waals surface area contributed by atoms with Crippen molar-refractivity contribution >= 4 is 17.2 Å². The summed E-state index contributed by atoms with van der Waals surface area (Å²) in [6.07, 6.45) is 1.01. The molecule has 0 saturated heterocycles. The highest BCUT2D eigenvalue weighted by Gasteiger charge is 2.25. The fraction of sp³-hybridized carbons (Fsp3) is 0.353. The molecule has 110 valence electrons. The Bertz CT molecular complexity index is 623. The van der Waals surface area contributed by atoms with Crippen LogP contribution in [0.15, 0.2) is 41.1 Å². The van der Waals surface area contributed by atoms with Crippen LogP contribution in [0.1, 0.15) is 21.5 Å². The van der Waals surface area contributed by atoms with Crippen LogP contribution in [0.4, 0.5) is 0 Å². The molecule has 0 saturated carbocycles. The number of fused-ring (bicyclic) bond motifs is 1. The molecule has 1 aromatic heterocycles. The second kappa shape index (κ2) is 6.00. The number of carbonyl (C=O) groups excluding carboxylic acids is 1. The van der Waals surface area contributed by atoms with Gasteiger partial charge in [-0.1, -0.05) is 24.3 Å². The fourth-order valence-corrected chi connectivity index (χ4v) is 3.56. The number of likely N-dealkylation sites (N-methyl/N-ethyl adjacent to an activating group) is 2. The van der Waals surface area contributed by atoms with E-state index in [1.807, 2.05) is 28.8 Å². The molecule has 3 nitrogen and oxygen atoms in total. The number of hydrogen-bond donors (Lipinski definition) is 0. The number of nitrogens with zero attached hydrogens (tertiary/aromatic N) is 2. The van der Waals surface area contributed by atoms with Crippen molar-refractivity contribution in [3.05, 3.63) is 57.8 Å². The number of amides is 1. The normalized spacial score (nSPS) is 18.3. The van der Waals surface area contributed by atoms with E-state index >= 15 is 0 Å². The zero-order chi connectivity index (χ0) is 14.8. The molecule has 3 rings (SSSR count). The highest BCUT2D eigenvalue weighted by Crippen LogP contribution is 2.22. The zero-order valence-corrected chi connectivity index (χ0v) is 13.3. The van der Waals surface area contributed by atoms with Gasteiger partial charge in [-0.05, 0) is 36.0 Å². The molecule has 0 bridgehead atoms. The van der Waals surface area contributed by atoms with Crippen LogP contribution in [-0.4, -0.2) is 42.4 Å².